The number of hydrogen-bond donors (Lipinski definition) is 2. The summed E-state index contributed by atoms with van der Waals surface area (Å²) in [6.45, 7) is 1.99. The minimum atomic E-state index is -4.91. The maximum Gasteiger partial charge on any atom is 0.450 e. The summed E-state index contributed by atoms with van der Waals surface area (Å²) in [5, 5.41) is 10.3. The number of ether oxygens (including phenoxy) is 1. The Bertz CT molecular complexity index is 1150. The van der Waals surface area contributed by atoms with Crippen molar-refractivity contribution in [2.24, 2.45) is 0 Å². The van der Waals surface area contributed by atoms with Crippen LogP contribution in [0.15, 0.2) is 45.6 Å². The standard InChI is InChI=1S/C22H20F3NO4/c1-29-17-7-3-2-6-13(17)18-19(28)14-8-9-16(27)15(12-26-10-4-5-11-26)20(14)30-21(18)22(23,24)25/h2-3,6-9,27H,4-5,10-12H2,1H3/p+1. The number of phenolic OH excluding ortho intramolecular Hbond substituents is 1. The number of benzene rings is 2. The van der Waals surface area contributed by atoms with Crippen molar-refractivity contribution in [1.82, 2.24) is 0 Å². The highest BCUT2D eigenvalue weighted by atomic mass is 19.4. The first-order valence-electron chi connectivity index (χ1n) is 9.67. The first-order valence-corrected chi connectivity index (χ1v) is 9.67. The van der Waals surface area contributed by atoms with Gasteiger partial charge in [-0.1, -0.05) is 18.2 Å². The first-order chi connectivity index (χ1) is 14.3. The second kappa shape index (κ2) is 7.68. The van der Waals surface area contributed by atoms with Crippen molar-refractivity contribution < 1.29 is 32.3 Å². The van der Waals surface area contributed by atoms with E-state index in [4.69, 9.17) is 9.15 Å². The van der Waals surface area contributed by atoms with Gasteiger partial charge >= 0.3 is 6.18 Å². The fourth-order valence-corrected chi connectivity index (χ4v) is 4.07. The van der Waals surface area contributed by atoms with Crippen LogP contribution in [0.4, 0.5) is 13.2 Å². The lowest BCUT2D eigenvalue weighted by Crippen LogP contribution is -3.08. The van der Waals surface area contributed by atoms with Crippen LogP contribution < -0.4 is 15.1 Å². The number of quaternary nitrogens is 1. The molecule has 30 heavy (non-hydrogen) atoms. The fraction of sp³-hybridized carbons (Fsp3) is 0.318. The zero-order valence-electron chi connectivity index (χ0n) is 16.3. The molecule has 3 aromatic rings. The van der Waals surface area contributed by atoms with Crippen LogP contribution in [0.3, 0.4) is 0 Å². The van der Waals surface area contributed by atoms with Crippen LogP contribution in [0.2, 0.25) is 0 Å². The Balaban J connectivity index is 2.03. The summed E-state index contributed by atoms with van der Waals surface area (Å²) in [5.74, 6) is -1.44. The molecule has 5 nitrogen and oxygen atoms in total. The van der Waals surface area contributed by atoms with Gasteiger partial charge in [0.2, 0.25) is 11.2 Å². The van der Waals surface area contributed by atoms with Gasteiger partial charge in [-0.25, -0.2) is 0 Å². The van der Waals surface area contributed by atoms with Crippen molar-refractivity contribution in [3.63, 3.8) is 0 Å². The molecule has 2 N–H and O–H groups in total. The molecule has 1 aliphatic rings. The zero-order valence-corrected chi connectivity index (χ0v) is 16.3. The van der Waals surface area contributed by atoms with Crippen LogP contribution in [0.5, 0.6) is 11.5 Å². The highest BCUT2D eigenvalue weighted by Crippen LogP contribution is 2.41. The summed E-state index contributed by atoms with van der Waals surface area (Å²) < 4.78 is 52.5. The Kier molecular flexibility index (Phi) is 5.19. The quantitative estimate of drug-likeness (QED) is 0.680. The average molecular weight is 420 g/mol. The maximum absolute atomic E-state index is 14.0. The molecule has 0 unspecified atom stereocenters. The molecule has 4 rings (SSSR count). The molecule has 2 heterocycles. The van der Waals surface area contributed by atoms with Gasteiger partial charge in [-0.2, -0.15) is 13.2 Å². The van der Waals surface area contributed by atoms with E-state index in [1.54, 1.807) is 6.07 Å². The van der Waals surface area contributed by atoms with E-state index in [0.717, 1.165) is 30.8 Å². The van der Waals surface area contributed by atoms with Crippen LogP contribution >= 0.6 is 0 Å². The molecule has 2 aromatic carbocycles. The van der Waals surface area contributed by atoms with E-state index in [-0.39, 0.29) is 40.1 Å². The number of likely N-dealkylation sites (tertiary alicyclic amines) is 1. The molecule has 8 heteroatoms. The normalized spacial score (nSPS) is 15.1. The lowest BCUT2D eigenvalue weighted by molar-refractivity contribution is -0.901. The van der Waals surface area contributed by atoms with Gasteiger partial charge in [-0.3, -0.25) is 4.79 Å². The molecule has 1 saturated heterocycles. The van der Waals surface area contributed by atoms with Gasteiger partial charge in [0.05, 0.1) is 36.7 Å². The molecule has 0 saturated carbocycles. The van der Waals surface area contributed by atoms with Crippen molar-refractivity contribution in [3.05, 3.63) is 57.9 Å². The number of nitrogens with one attached hydrogen (secondary N) is 1. The summed E-state index contributed by atoms with van der Waals surface area (Å²) in [5.41, 5.74) is -1.41. The van der Waals surface area contributed by atoms with Gasteiger partial charge < -0.3 is 19.2 Å². The molecule has 1 aromatic heterocycles. The average Bonchev–Trinajstić information content (AvgIpc) is 3.22. The summed E-state index contributed by atoms with van der Waals surface area (Å²) in [6, 6.07) is 8.65. The summed E-state index contributed by atoms with van der Waals surface area (Å²) in [7, 11) is 1.32. The van der Waals surface area contributed by atoms with E-state index < -0.39 is 22.9 Å². The van der Waals surface area contributed by atoms with Gasteiger partial charge in [0.1, 0.15) is 18.0 Å². The minimum Gasteiger partial charge on any atom is -0.507 e. The fourth-order valence-electron chi connectivity index (χ4n) is 4.07. The van der Waals surface area contributed by atoms with E-state index in [0.29, 0.717) is 0 Å². The molecule has 0 bridgehead atoms. The molecule has 1 aliphatic heterocycles. The molecule has 158 valence electrons. The van der Waals surface area contributed by atoms with Crippen molar-refractivity contribution in [3.8, 4) is 22.6 Å². The first kappa shape index (κ1) is 20.3. The third kappa shape index (κ3) is 3.52. The number of aromatic hydroxyl groups is 1. The molecule has 1 fully saturated rings. The van der Waals surface area contributed by atoms with Crippen LogP contribution in [0, 0.1) is 0 Å². The smallest absolute Gasteiger partial charge is 0.450 e. The minimum absolute atomic E-state index is 0.00256. The number of halogens is 3. The number of para-hydroxylation sites is 1. The highest BCUT2D eigenvalue weighted by molar-refractivity contribution is 5.87. The second-order valence-corrected chi connectivity index (χ2v) is 7.41. The van der Waals surface area contributed by atoms with Crippen LogP contribution in [0.25, 0.3) is 22.1 Å². The Morgan fingerprint density at radius 1 is 1.13 bits per heavy atom. The maximum atomic E-state index is 14.0. The second-order valence-electron chi connectivity index (χ2n) is 7.41. The Morgan fingerprint density at radius 2 is 1.83 bits per heavy atom. The molecule has 0 spiro atoms. The summed E-state index contributed by atoms with van der Waals surface area (Å²) >= 11 is 0. The Labute approximate surface area is 170 Å². The third-order valence-electron chi connectivity index (χ3n) is 5.51. The predicted octanol–water partition coefficient (Wildman–Crippen LogP) is 3.37. The van der Waals surface area contributed by atoms with Gasteiger partial charge in [-0.05, 0) is 18.2 Å². The topological polar surface area (TPSA) is 64.1 Å². The summed E-state index contributed by atoms with van der Waals surface area (Å²) in [6.07, 6.45) is -2.89. The van der Waals surface area contributed by atoms with Crippen molar-refractivity contribution in [2.45, 2.75) is 25.6 Å². The van der Waals surface area contributed by atoms with E-state index in [1.165, 1.54) is 37.4 Å². The van der Waals surface area contributed by atoms with E-state index >= 15 is 0 Å². The molecule has 0 radical (unpaired) electrons. The van der Waals surface area contributed by atoms with Crippen LogP contribution in [-0.4, -0.2) is 25.3 Å². The monoisotopic (exact) mass is 420 g/mol. The lowest BCUT2D eigenvalue weighted by Gasteiger charge is -2.18. The number of phenols is 1. The SMILES string of the molecule is COc1ccccc1-c1c(C(F)(F)F)oc2c(C[NH+]3CCCC3)c(O)ccc2c1=O. The molecular weight excluding hydrogens is 399 g/mol. The number of rotatable bonds is 4. The van der Waals surface area contributed by atoms with Gasteiger partial charge in [-0.15, -0.1) is 0 Å². The van der Waals surface area contributed by atoms with E-state index in [9.17, 15) is 23.1 Å². The largest absolute Gasteiger partial charge is 0.507 e. The van der Waals surface area contributed by atoms with Gasteiger partial charge in [0.25, 0.3) is 0 Å². The number of alkyl halides is 3. The lowest BCUT2D eigenvalue weighted by atomic mass is 9.99. The number of fused-ring (bicyclic) bond motifs is 1. The molecule has 0 amide bonds. The predicted molar refractivity (Wildman–Crippen MR) is 105 cm³/mol. The van der Waals surface area contributed by atoms with Crippen molar-refractivity contribution in [2.75, 3.05) is 20.2 Å². The zero-order chi connectivity index (χ0) is 21.5. The third-order valence-corrected chi connectivity index (χ3v) is 5.51. The van der Waals surface area contributed by atoms with Crippen LogP contribution in [-0.2, 0) is 12.7 Å². The molecule has 0 aliphatic carbocycles. The van der Waals surface area contributed by atoms with E-state index in [2.05, 4.69) is 0 Å². The Hall–Kier alpha value is -3.00. The molecule has 0 atom stereocenters. The van der Waals surface area contributed by atoms with Gasteiger partial charge in [0, 0.05) is 18.4 Å². The number of methoxy groups -OCH3 is 1. The van der Waals surface area contributed by atoms with Crippen molar-refractivity contribution >= 4 is 11.0 Å². The van der Waals surface area contributed by atoms with Gasteiger partial charge in [0.15, 0.2) is 5.58 Å². The number of hydrogen-bond acceptors (Lipinski definition) is 4. The molecular formula is C22H21F3NO4+. The van der Waals surface area contributed by atoms with Crippen molar-refractivity contribution in [1.29, 1.82) is 0 Å². The Morgan fingerprint density at radius 3 is 2.50 bits per heavy atom. The van der Waals surface area contributed by atoms with Crippen LogP contribution in [0.1, 0.15) is 24.2 Å². The summed E-state index contributed by atoms with van der Waals surface area (Å²) in [4.78, 5) is 14.4. The highest BCUT2D eigenvalue weighted by Gasteiger charge is 2.40. The van der Waals surface area contributed by atoms with E-state index in [1.807, 2.05) is 0 Å².